The number of esters is 1. The Kier molecular flexibility index (Phi) is 7.08. The number of carboxylic acids is 1. The van der Waals surface area contributed by atoms with E-state index in [4.69, 9.17) is 19.2 Å². The Morgan fingerprint density at radius 3 is 2.62 bits per heavy atom. The van der Waals surface area contributed by atoms with Gasteiger partial charge in [-0.1, -0.05) is 5.16 Å². The summed E-state index contributed by atoms with van der Waals surface area (Å²) in [6.45, 7) is 5.57. The Labute approximate surface area is 150 Å². The van der Waals surface area contributed by atoms with Crippen molar-refractivity contribution < 1.29 is 28.3 Å². The maximum Gasteiger partial charge on any atom is 0.302 e. The van der Waals surface area contributed by atoms with E-state index in [1.807, 2.05) is 0 Å². The molecule has 1 fully saturated rings. The molecule has 1 aromatic heterocycles. The van der Waals surface area contributed by atoms with Gasteiger partial charge in [0.05, 0.1) is 5.69 Å². The van der Waals surface area contributed by atoms with Crippen LogP contribution in [-0.2, 0) is 14.3 Å². The molecule has 8 heteroatoms. The van der Waals surface area contributed by atoms with Crippen molar-refractivity contribution in [1.29, 1.82) is 0 Å². The second-order valence-electron chi connectivity index (χ2n) is 6.18. The lowest BCUT2D eigenvalue weighted by Gasteiger charge is -2.30. The average Bonchev–Trinajstić information content (AvgIpc) is 2.97. The van der Waals surface area contributed by atoms with E-state index < -0.39 is 5.97 Å². The number of likely N-dealkylation sites (tertiary alicyclic amines) is 1. The van der Waals surface area contributed by atoms with Gasteiger partial charge in [0.15, 0.2) is 5.58 Å². The fraction of sp³-hybridized carbons (Fsp3) is 0.500. The summed E-state index contributed by atoms with van der Waals surface area (Å²) in [6.07, 6.45) is 1.94. The summed E-state index contributed by atoms with van der Waals surface area (Å²) in [5.41, 5.74) is 1.43. The van der Waals surface area contributed by atoms with Gasteiger partial charge in [0.1, 0.15) is 12.4 Å². The summed E-state index contributed by atoms with van der Waals surface area (Å²) in [5, 5.41) is 12.5. The number of hydrogen-bond donors (Lipinski definition) is 1. The number of aliphatic carboxylic acids is 1. The zero-order valence-electron chi connectivity index (χ0n) is 14.9. The molecular formula is C18H23FN2O5. The monoisotopic (exact) mass is 366 g/mol. The first-order valence-corrected chi connectivity index (χ1v) is 8.47. The molecule has 26 heavy (non-hydrogen) atoms. The molecule has 142 valence electrons. The second-order valence-corrected chi connectivity index (χ2v) is 6.18. The molecule has 2 aromatic rings. The summed E-state index contributed by atoms with van der Waals surface area (Å²) >= 11 is 0. The summed E-state index contributed by atoms with van der Waals surface area (Å²) in [4.78, 5) is 22.0. The lowest BCUT2D eigenvalue weighted by atomic mass is 9.91. The van der Waals surface area contributed by atoms with Crippen LogP contribution in [0.25, 0.3) is 11.0 Å². The highest BCUT2D eigenvalue weighted by Crippen LogP contribution is 2.32. The predicted molar refractivity (Wildman–Crippen MR) is 92.3 cm³/mol. The predicted octanol–water partition coefficient (Wildman–Crippen LogP) is 2.80. The van der Waals surface area contributed by atoms with Crippen molar-refractivity contribution in [2.24, 2.45) is 0 Å². The number of fused-ring (bicyclic) bond motifs is 1. The Hall–Kier alpha value is -2.48. The third kappa shape index (κ3) is 5.80. The van der Waals surface area contributed by atoms with E-state index in [0.717, 1.165) is 50.5 Å². The molecule has 0 aliphatic carbocycles. The van der Waals surface area contributed by atoms with Crippen LogP contribution < -0.4 is 0 Å². The molecule has 0 atom stereocenters. The first-order chi connectivity index (χ1) is 12.4. The number of aromatic nitrogens is 1. The smallest absolute Gasteiger partial charge is 0.302 e. The number of ether oxygens (including phenoxy) is 1. The lowest BCUT2D eigenvalue weighted by Crippen LogP contribution is -2.35. The van der Waals surface area contributed by atoms with Crippen LogP contribution in [0.3, 0.4) is 0 Å². The number of benzene rings is 1. The van der Waals surface area contributed by atoms with Gasteiger partial charge in [-0.25, -0.2) is 4.39 Å². The molecule has 0 saturated carbocycles. The molecule has 2 heterocycles. The van der Waals surface area contributed by atoms with Crippen LogP contribution in [0.2, 0.25) is 0 Å². The summed E-state index contributed by atoms with van der Waals surface area (Å²) in [6, 6.07) is 4.56. The Morgan fingerprint density at radius 1 is 1.35 bits per heavy atom. The SMILES string of the molecule is CC(=O)O.CC(=O)OCCN1CCC(c2noc3cc(F)ccc23)CC1. The van der Waals surface area contributed by atoms with Gasteiger partial charge in [0.2, 0.25) is 0 Å². The molecule has 1 saturated heterocycles. The van der Waals surface area contributed by atoms with E-state index in [-0.39, 0.29) is 11.8 Å². The van der Waals surface area contributed by atoms with Crippen molar-refractivity contribution in [2.45, 2.75) is 32.6 Å². The van der Waals surface area contributed by atoms with E-state index in [9.17, 15) is 9.18 Å². The van der Waals surface area contributed by atoms with Crippen LogP contribution in [0.5, 0.6) is 0 Å². The number of carbonyl (C=O) groups excluding carboxylic acids is 1. The van der Waals surface area contributed by atoms with Crippen LogP contribution in [-0.4, -0.2) is 53.3 Å². The van der Waals surface area contributed by atoms with E-state index in [0.29, 0.717) is 18.1 Å². The topological polar surface area (TPSA) is 92.9 Å². The Balaban J connectivity index is 0.000000552. The van der Waals surface area contributed by atoms with Gasteiger partial charge in [-0.05, 0) is 38.1 Å². The van der Waals surface area contributed by atoms with Crippen LogP contribution in [0.15, 0.2) is 22.7 Å². The average molecular weight is 366 g/mol. The van der Waals surface area contributed by atoms with Gasteiger partial charge in [0, 0.05) is 37.8 Å². The molecule has 0 bridgehead atoms. The van der Waals surface area contributed by atoms with Crippen molar-refractivity contribution in [1.82, 2.24) is 10.1 Å². The minimum absolute atomic E-state index is 0.240. The van der Waals surface area contributed by atoms with Crippen LogP contribution >= 0.6 is 0 Å². The fourth-order valence-corrected chi connectivity index (χ4v) is 2.97. The standard InChI is InChI=1S/C16H19FN2O3.C2H4O2/c1-11(20)21-9-8-19-6-4-12(5-7-19)16-14-3-2-13(17)10-15(14)22-18-16;1-2(3)4/h2-3,10,12H,4-9H2,1H3;1H3,(H,3,4). The third-order valence-corrected chi connectivity index (χ3v) is 4.15. The van der Waals surface area contributed by atoms with Crippen molar-refractivity contribution in [2.75, 3.05) is 26.2 Å². The van der Waals surface area contributed by atoms with Gasteiger partial charge in [-0.3, -0.25) is 14.5 Å². The third-order valence-electron chi connectivity index (χ3n) is 4.15. The normalized spacial score (nSPS) is 15.3. The van der Waals surface area contributed by atoms with Crippen molar-refractivity contribution in [3.8, 4) is 0 Å². The summed E-state index contributed by atoms with van der Waals surface area (Å²) in [7, 11) is 0. The number of rotatable bonds is 4. The maximum absolute atomic E-state index is 13.2. The molecule has 0 spiro atoms. The fourth-order valence-electron chi connectivity index (χ4n) is 2.97. The summed E-state index contributed by atoms with van der Waals surface area (Å²) < 4.78 is 23.4. The van der Waals surface area contributed by atoms with Crippen molar-refractivity contribution in [3.05, 3.63) is 29.7 Å². The molecule has 0 amide bonds. The maximum atomic E-state index is 13.2. The lowest BCUT2D eigenvalue weighted by molar-refractivity contribution is -0.141. The van der Waals surface area contributed by atoms with Crippen molar-refractivity contribution in [3.63, 3.8) is 0 Å². The molecule has 1 aliphatic heterocycles. The minimum Gasteiger partial charge on any atom is -0.481 e. The zero-order chi connectivity index (χ0) is 19.1. The highest BCUT2D eigenvalue weighted by molar-refractivity contribution is 5.79. The zero-order valence-corrected chi connectivity index (χ0v) is 14.9. The van der Waals surface area contributed by atoms with Crippen molar-refractivity contribution >= 4 is 22.9 Å². The number of hydrogen-bond acceptors (Lipinski definition) is 6. The van der Waals surface area contributed by atoms with Crippen LogP contribution in [0, 0.1) is 5.82 Å². The molecule has 1 N–H and O–H groups in total. The van der Waals surface area contributed by atoms with Gasteiger partial charge >= 0.3 is 5.97 Å². The number of carboxylic acid groups (broad SMARTS) is 1. The van der Waals surface area contributed by atoms with E-state index in [1.54, 1.807) is 6.07 Å². The first-order valence-electron chi connectivity index (χ1n) is 8.47. The minimum atomic E-state index is -0.833. The highest BCUT2D eigenvalue weighted by Gasteiger charge is 2.25. The van der Waals surface area contributed by atoms with Crippen LogP contribution in [0.4, 0.5) is 4.39 Å². The number of carbonyl (C=O) groups is 2. The molecule has 0 unspecified atom stereocenters. The first kappa shape index (κ1) is 19.8. The van der Waals surface area contributed by atoms with Crippen LogP contribution in [0.1, 0.15) is 38.3 Å². The number of piperidine rings is 1. The molecule has 7 nitrogen and oxygen atoms in total. The highest BCUT2D eigenvalue weighted by atomic mass is 19.1. The van der Waals surface area contributed by atoms with Gasteiger partial charge < -0.3 is 14.4 Å². The van der Waals surface area contributed by atoms with Gasteiger partial charge in [-0.15, -0.1) is 0 Å². The van der Waals surface area contributed by atoms with E-state index in [1.165, 1.54) is 19.1 Å². The largest absolute Gasteiger partial charge is 0.481 e. The molecule has 1 aromatic carbocycles. The molecular weight excluding hydrogens is 343 g/mol. The summed E-state index contributed by atoms with van der Waals surface area (Å²) in [5.74, 6) is -1.05. The second kappa shape index (κ2) is 9.28. The quantitative estimate of drug-likeness (QED) is 0.832. The Morgan fingerprint density at radius 2 is 2.00 bits per heavy atom. The molecule has 0 radical (unpaired) electrons. The number of nitrogens with zero attached hydrogens (tertiary/aromatic N) is 2. The van der Waals surface area contributed by atoms with Gasteiger partial charge in [0.25, 0.3) is 5.97 Å². The molecule has 3 rings (SSSR count). The van der Waals surface area contributed by atoms with E-state index >= 15 is 0 Å². The Bertz CT molecular complexity index is 749. The van der Waals surface area contributed by atoms with Gasteiger partial charge in [-0.2, -0.15) is 0 Å². The number of halogens is 1. The molecule has 1 aliphatic rings. The van der Waals surface area contributed by atoms with E-state index in [2.05, 4.69) is 10.1 Å².